The van der Waals surface area contributed by atoms with Crippen LogP contribution in [0, 0.1) is 12.3 Å². The number of ether oxygens (including phenoxy) is 1. The van der Waals surface area contributed by atoms with Crippen LogP contribution >= 0.6 is 0 Å². The van der Waals surface area contributed by atoms with Gasteiger partial charge in [-0.1, -0.05) is 0 Å². The van der Waals surface area contributed by atoms with Crippen molar-refractivity contribution in [2.24, 2.45) is 5.73 Å². The van der Waals surface area contributed by atoms with Crippen molar-refractivity contribution in [2.75, 3.05) is 18.2 Å². The number of anilines is 2. The van der Waals surface area contributed by atoms with E-state index in [1.165, 1.54) is 13.3 Å². The number of aromatic amines is 1. The molecule has 0 aliphatic rings. The van der Waals surface area contributed by atoms with Crippen LogP contribution in [0.1, 0.15) is 35.6 Å². The topological polar surface area (TPSA) is 211 Å². The molecule has 0 saturated heterocycles. The highest BCUT2D eigenvalue weighted by Crippen LogP contribution is 2.27. The molecule has 13 heteroatoms. The van der Waals surface area contributed by atoms with Crippen molar-refractivity contribution in [2.45, 2.75) is 19.9 Å². The number of carbonyl (C=O) groups is 1. The molecular formula is C24H27N9O4. The lowest BCUT2D eigenvalue weighted by molar-refractivity contribution is -0.134. The Morgan fingerprint density at radius 1 is 1.24 bits per heavy atom. The minimum Gasteiger partial charge on any atom is -0.481 e. The number of hydrogen-bond acceptors (Lipinski definition) is 9. The van der Waals surface area contributed by atoms with Crippen molar-refractivity contribution in [3.05, 3.63) is 87.9 Å². The highest BCUT2D eigenvalue weighted by molar-refractivity contribution is 5.95. The van der Waals surface area contributed by atoms with Gasteiger partial charge in [0.05, 0.1) is 12.8 Å². The van der Waals surface area contributed by atoms with Gasteiger partial charge in [-0.25, -0.2) is 14.8 Å². The lowest BCUT2D eigenvalue weighted by atomic mass is 10.1. The summed E-state index contributed by atoms with van der Waals surface area (Å²) >= 11 is 0. The summed E-state index contributed by atoms with van der Waals surface area (Å²) in [5.74, 6) is 0.148. The first-order valence-electron chi connectivity index (χ1n) is 10.9. The van der Waals surface area contributed by atoms with Gasteiger partial charge in [0.25, 0.3) is 5.97 Å². The maximum atomic E-state index is 12.7. The summed E-state index contributed by atoms with van der Waals surface area (Å²) < 4.78 is 6.46. The molecule has 4 aromatic rings. The molecule has 0 unspecified atom stereocenters. The van der Waals surface area contributed by atoms with Gasteiger partial charge in [-0.15, -0.1) is 5.10 Å². The zero-order chi connectivity index (χ0) is 27.1. The maximum Gasteiger partial charge on any atom is 0.349 e. The SMILES string of the molecule is CC(=O)O.COc1cc([C@H](Nc2ccc(C(=N)N)cc2)c2nn(-c3ncccc3N)c(=O)[nH]2)cc(C)n1. The molecule has 4 rings (SSSR count). The van der Waals surface area contributed by atoms with Gasteiger partial charge in [-0.2, -0.15) is 4.68 Å². The number of nitrogens with zero attached hydrogens (tertiary/aromatic N) is 4. The maximum absolute atomic E-state index is 12.7. The molecule has 8 N–H and O–H groups in total. The molecule has 0 fully saturated rings. The van der Waals surface area contributed by atoms with Crippen LogP contribution in [0.25, 0.3) is 5.82 Å². The monoisotopic (exact) mass is 505 g/mol. The Balaban J connectivity index is 0.000000886. The normalized spacial score (nSPS) is 11.1. The molecule has 0 saturated carbocycles. The Labute approximate surface area is 211 Å². The number of nitrogens with one attached hydrogen (secondary N) is 3. The Hall–Kier alpha value is -5.20. The third-order valence-electron chi connectivity index (χ3n) is 4.93. The fraction of sp³-hybridized carbons (Fsp3) is 0.167. The van der Waals surface area contributed by atoms with Crippen LogP contribution in [0.4, 0.5) is 11.4 Å². The molecular weight excluding hydrogens is 478 g/mol. The molecule has 1 atom stereocenters. The van der Waals surface area contributed by atoms with Crippen LogP contribution in [0.3, 0.4) is 0 Å². The van der Waals surface area contributed by atoms with E-state index in [9.17, 15) is 4.79 Å². The number of methoxy groups -OCH3 is 1. The minimum absolute atomic E-state index is 0.0244. The van der Waals surface area contributed by atoms with E-state index in [1.807, 2.05) is 13.0 Å². The molecule has 192 valence electrons. The Morgan fingerprint density at radius 2 is 1.92 bits per heavy atom. The van der Waals surface area contributed by atoms with E-state index in [4.69, 9.17) is 31.5 Å². The highest BCUT2D eigenvalue weighted by Gasteiger charge is 2.22. The van der Waals surface area contributed by atoms with Crippen molar-refractivity contribution in [3.8, 4) is 11.7 Å². The molecule has 0 spiro atoms. The average Bonchev–Trinajstić information content (AvgIpc) is 3.23. The van der Waals surface area contributed by atoms with Crippen LogP contribution in [-0.4, -0.2) is 48.8 Å². The number of carboxylic acid groups (broad SMARTS) is 1. The first-order valence-corrected chi connectivity index (χ1v) is 10.9. The molecule has 0 amide bonds. The first-order chi connectivity index (χ1) is 17.6. The van der Waals surface area contributed by atoms with E-state index in [0.717, 1.165) is 28.6 Å². The third kappa shape index (κ3) is 6.69. The Morgan fingerprint density at radius 3 is 2.51 bits per heavy atom. The van der Waals surface area contributed by atoms with Crippen molar-refractivity contribution in [3.63, 3.8) is 0 Å². The number of nitrogen functional groups attached to an aromatic ring is 2. The molecule has 37 heavy (non-hydrogen) atoms. The average molecular weight is 506 g/mol. The molecule has 3 heterocycles. The van der Waals surface area contributed by atoms with Crippen LogP contribution in [0.15, 0.2) is 59.5 Å². The lowest BCUT2D eigenvalue weighted by Crippen LogP contribution is -2.18. The summed E-state index contributed by atoms with van der Waals surface area (Å²) in [5.41, 5.74) is 14.2. The predicted molar refractivity (Wildman–Crippen MR) is 138 cm³/mol. The highest BCUT2D eigenvalue weighted by atomic mass is 16.5. The second-order valence-electron chi connectivity index (χ2n) is 7.82. The van der Waals surface area contributed by atoms with Gasteiger partial charge < -0.3 is 26.6 Å². The number of H-pyrrole nitrogens is 1. The number of pyridine rings is 2. The number of amidine groups is 1. The molecule has 0 aliphatic carbocycles. The lowest BCUT2D eigenvalue weighted by Gasteiger charge is -2.19. The fourth-order valence-electron chi connectivity index (χ4n) is 3.36. The van der Waals surface area contributed by atoms with E-state index >= 15 is 0 Å². The fourth-order valence-corrected chi connectivity index (χ4v) is 3.36. The number of carboxylic acids is 1. The number of rotatable bonds is 7. The van der Waals surface area contributed by atoms with Gasteiger partial charge in [-0.3, -0.25) is 15.2 Å². The quantitative estimate of drug-likeness (QED) is 0.158. The van der Waals surface area contributed by atoms with E-state index in [2.05, 4.69) is 25.4 Å². The number of hydrogen-bond donors (Lipinski definition) is 6. The smallest absolute Gasteiger partial charge is 0.349 e. The summed E-state index contributed by atoms with van der Waals surface area (Å²) in [6.45, 7) is 2.93. The Kier molecular flexibility index (Phi) is 8.20. The molecule has 3 aromatic heterocycles. The van der Waals surface area contributed by atoms with Gasteiger partial charge in [0, 0.05) is 36.1 Å². The standard InChI is InChI=1S/C22H23N9O2.C2H4O2/c1-12-10-14(11-17(27-12)33-2)18(28-15-7-5-13(6-8-15)19(24)25)20-29-22(32)31(30-20)21-16(23)4-3-9-26-21;1-2(3)4/h3-11,18,28H,23H2,1-2H3,(H3,24,25)(H,29,30,32);1H3,(H,3,4)/t18-;/m0./s1. The molecule has 0 aliphatic heterocycles. The second kappa shape index (κ2) is 11.5. The van der Waals surface area contributed by atoms with Crippen LogP contribution < -0.4 is 27.2 Å². The molecule has 13 nitrogen and oxygen atoms in total. The zero-order valence-electron chi connectivity index (χ0n) is 20.4. The van der Waals surface area contributed by atoms with E-state index in [-0.39, 0.29) is 11.7 Å². The van der Waals surface area contributed by atoms with Gasteiger partial charge in [-0.05, 0) is 55.0 Å². The van der Waals surface area contributed by atoms with Crippen molar-refractivity contribution in [1.82, 2.24) is 24.7 Å². The van der Waals surface area contributed by atoms with E-state index in [0.29, 0.717) is 23.0 Å². The van der Waals surface area contributed by atoms with Gasteiger partial charge in [0.2, 0.25) is 5.88 Å². The van der Waals surface area contributed by atoms with E-state index < -0.39 is 17.7 Å². The van der Waals surface area contributed by atoms with Crippen LogP contribution in [0.5, 0.6) is 5.88 Å². The number of aryl methyl sites for hydroxylation is 1. The summed E-state index contributed by atoms with van der Waals surface area (Å²) in [7, 11) is 1.54. The number of nitrogens with two attached hydrogens (primary N) is 2. The number of aromatic nitrogens is 5. The largest absolute Gasteiger partial charge is 0.481 e. The van der Waals surface area contributed by atoms with Crippen molar-refractivity contribution in [1.29, 1.82) is 5.41 Å². The van der Waals surface area contributed by atoms with Gasteiger partial charge in [0.15, 0.2) is 11.6 Å². The first kappa shape index (κ1) is 26.4. The molecule has 0 bridgehead atoms. The van der Waals surface area contributed by atoms with E-state index in [1.54, 1.807) is 42.5 Å². The van der Waals surface area contributed by atoms with Gasteiger partial charge >= 0.3 is 5.69 Å². The zero-order valence-corrected chi connectivity index (χ0v) is 20.4. The Bertz CT molecular complexity index is 1460. The van der Waals surface area contributed by atoms with Gasteiger partial charge in [0.1, 0.15) is 11.9 Å². The number of benzene rings is 1. The van der Waals surface area contributed by atoms with Crippen molar-refractivity contribution < 1.29 is 14.6 Å². The molecule has 1 aromatic carbocycles. The number of aliphatic carboxylic acids is 1. The van der Waals surface area contributed by atoms with Crippen LogP contribution in [-0.2, 0) is 4.79 Å². The third-order valence-corrected chi connectivity index (χ3v) is 4.93. The summed E-state index contributed by atoms with van der Waals surface area (Å²) in [5, 5.41) is 22.8. The predicted octanol–water partition coefficient (Wildman–Crippen LogP) is 1.83. The second-order valence-corrected chi connectivity index (χ2v) is 7.82. The summed E-state index contributed by atoms with van der Waals surface area (Å²) in [4.78, 5) is 33.1. The minimum atomic E-state index is -0.833. The summed E-state index contributed by atoms with van der Waals surface area (Å²) in [6, 6.07) is 13.4. The summed E-state index contributed by atoms with van der Waals surface area (Å²) in [6.07, 6.45) is 1.54. The van der Waals surface area contributed by atoms with Crippen LogP contribution in [0.2, 0.25) is 0 Å². The van der Waals surface area contributed by atoms with Crippen molar-refractivity contribution >= 4 is 23.2 Å². The molecule has 0 radical (unpaired) electrons.